The van der Waals surface area contributed by atoms with E-state index < -0.39 is 0 Å². The quantitative estimate of drug-likeness (QED) is 0.809. The van der Waals surface area contributed by atoms with E-state index in [0.29, 0.717) is 6.04 Å². The van der Waals surface area contributed by atoms with Gasteiger partial charge in [-0.2, -0.15) is 5.10 Å². The van der Waals surface area contributed by atoms with Crippen LogP contribution in [0.1, 0.15) is 25.6 Å². The van der Waals surface area contributed by atoms with Gasteiger partial charge in [-0.25, -0.2) is 9.97 Å². The molecule has 2 aromatic heterocycles. The Morgan fingerprint density at radius 1 is 1.42 bits per heavy atom. The number of imidazole rings is 1. The van der Waals surface area contributed by atoms with Gasteiger partial charge in [-0.1, -0.05) is 0 Å². The van der Waals surface area contributed by atoms with Crippen LogP contribution in [-0.4, -0.2) is 41.8 Å². The predicted octanol–water partition coefficient (Wildman–Crippen LogP) is 1.16. The van der Waals surface area contributed by atoms with Crippen LogP contribution in [0.25, 0.3) is 0 Å². The van der Waals surface area contributed by atoms with Crippen molar-refractivity contribution in [2.24, 2.45) is 0 Å². The highest BCUT2D eigenvalue weighted by Crippen LogP contribution is 2.20. The topological polar surface area (TPSA) is 51.8 Å². The van der Waals surface area contributed by atoms with Crippen LogP contribution in [0.3, 0.4) is 0 Å². The number of rotatable bonds is 5. The van der Waals surface area contributed by atoms with E-state index in [2.05, 4.69) is 37.7 Å². The molecule has 0 amide bonds. The van der Waals surface area contributed by atoms with E-state index in [1.807, 2.05) is 10.9 Å². The largest absolute Gasteiger partial charge is 0.334 e. The summed E-state index contributed by atoms with van der Waals surface area (Å²) < 4.78 is 4.14. The lowest BCUT2D eigenvalue weighted by atomic mass is 10.2. The van der Waals surface area contributed by atoms with Crippen molar-refractivity contribution in [2.45, 2.75) is 45.4 Å². The molecule has 0 bridgehead atoms. The summed E-state index contributed by atoms with van der Waals surface area (Å²) >= 11 is 0. The van der Waals surface area contributed by atoms with Crippen molar-refractivity contribution in [3.63, 3.8) is 0 Å². The summed E-state index contributed by atoms with van der Waals surface area (Å²) in [5.41, 5.74) is 0. The smallest absolute Gasteiger partial charge is 0.137 e. The fourth-order valence-corrected chi connectivity index (χ4v) is 2.81. The zero-order valence-corrected chi connectivity index (χ0v) is 11.3. The number of likely N-dealkylation sites (tertiary alicyclic amines) is 1. The zero-order valence-electron chi connectivity index (χ0n) is 11.3. The molecule has 0 saturated carbocycles. The van der Waals surface area contributed by atoms with Gasteiger partial charge in [0.15, 0.2) is 0 Å². The third kappa shape index (κ3) is 2.68. The van der Waals surface area contributed by atoms with Crippen LogP contribution in [-0.2, 0) is 19.6 Å². The average molecular weight is 260 g/mol. The molecule has 0 N–H and O–H groups in total. The number of hydrogen-bond acceptors (Lipinski definition) is 4. The van der Waals surface area contributed by atoms with Crippen LogP contribution in [0.5, 0.6) is 0 Å². The Morgan fingerprint density at radius 3 is 3.16 bits per heavy atom. The van der Waals surface area contributed by atoms with E-state index in [-0.39, 0.29) is 0 Å². The normalized spacial score (nSPS) is 20.2. The molecule has 1 aliphatic heterocycles. The van der Waals surface area contributed by atoms with Crippen molar-refractivity contribution in [2.75, 3.05) is 6.54 Å². The molecule has 3 heterocycles. The second-order valence-corrected chi connectivity index (χ2v) is 5.01. The molecule has 2 aromatic rings. The molecule has 0 aliphatic carbocycles. The standard InChI is InChI=1S/C13H20N6/c1-2-17-7-5-15-13(17)9-18-6-3-4-12(18)8-19-11-14-10-16-19/h5,7,10-12H,2-4,6,8-9H2,1H3. The lowest BCUT2D eigenvalue weighted by molar-refractivity contribution is 0.211. The first-order chi connectivity index (χ1) is 9.36. The van der Waals surface area contributed by atoms with Crippen LogP contribution in [0.15, 0.2) is 25.0 Å². The minimum absolute atomic E-state index is 0.545. The summed E-state index contributed by atoms with van der Waals surface area (Å²) in [6.45, 7) is 6.14. The molecule has 0 spiro atoms. The Morgan fingerprint density at radius 2 is 2.37 bits per heavy atom. The maximum atomic E-state index is 4.47. The zero-order chi connectivity index (χ0) is 13.1. The van der Waals surface area contributed by atoms with E-state index in [9.17, 15) is 0 Å². The molecule has 19 heavy (non-hydrogen) atoms. The molecule has 6 nitrogen and oxygen atoms in total. The molecule has 1 aliphatic rings. The fourth-order valence-electron chi connectivity index (χ4n) is 2.81. The van der Waals surface area contributed by atoms with E-state index in [1.165, 1.54) is 12.8 Å². The van der Waals surface area contributed by atoms with Gasteiger partial charge in [0.05, 0.1) is 13.1 Å². The number of aryl methyl sites for hydroxylation is 1. The molecule has 0 aromatic carbocycles. The fraction of sp³-hybridized carbons (Fsp3) is 0.615. The van der Waals surface area contributed by atoms with Crippen molar-refractivity contribution in [1.82, 2.24) is 29.2 Å². The van der Waals surface area contributed by atoms with Gasteiger partial charge in [0.25, 0.3) is 0 Å². The van der Waals surface area contributed by atoms with E-state index in [0.717, 1.165) is 32.0 Å². The summed E-state index contributed by atoms with van der Waals surface area (Å²) in [7, 11) is 0. The maximum Gasteiger partial charge on any atom is 0.137 e. The summed E-state index contributed by atoms with van der Waals surface area (Å²) in [6, 6.07) is 0.545. The van der Waals surface area contributed by atoms with Crippen molar-refractivity contribution < 1.29 is 0 Å². The minimum atomic E-state index is 0.545. The highest BCUT2D eigenvalue weighted by atomic mass is 15.3. The molecule has 3 rings (SSSR count). The highest BCUT2D eigenvalue weighted by molar-refractivity contribution is 4.94. The van der Waals surface area contributed by atoms with E-state index in [4.69, 9.17) is 0 Å². The molecule has 1 atom stereocenters. The van der Waals surface area contributed by atoms with Gasteiger partial charge in [0, 0.05) is 25.0 Å². The second kappa shape index (κ2) is 5.52. The molecule has 1 saturated heterocycles. The summed E-state index contributed by atoms with van der Waals surface area (Å²) in [5, 5.41) is 4.20. The minimum Gasteiger partial charge on any atom is -0.334 e. The van der Waals surface area contributed by atoms with E-state index in [1.54, 1.807) is 12.7 Å². The molecule has 102 valence electrons. The van der Waals surface area contributed by atoms with Gasteiger partial charge in [-0.15, -0.1) is 0 Å². The Labute approximate surface area is 113 Å². The molecule has 1 fully saturated rings. The van der Waals surface area contributed by atoms with Gasteiger partial charge in [0.1, 0.15) is 18.5 Å². The first-order valence-electron chi connectivity index (χ1n) is 6.93. The Hall–Kier alpha value is -1.69. The van der Waals surface area contributed by atoms with Crippen molar-refractivity contribution in [3.05, 3.63) is 30.9 Å². The first-order valence-corrected chi connectivity index (χ1v) is 6.93. The van der Waals surface area contributed by atoms with Crippen LogP contribution < -0.4 is 0 Å². The molecule has 6 heteroatoms. The summed E-state index contributed by atoms with van der Waals surface area (Å²) in [6.07, 6.45) is 9.82. The Balaban J connectivity index is 1.66. The van der Waals surface area contributed by atoms with Crippen molar-refractivity contribution in [3.8, 4) is 0 Å². The Kier molecular flexibility index (Phi) is 3.59. The van der Waals surface area contributed by atoms with Gasteiger partial charge < -0.3 is 4.57 Å². The SMILES string of the molecule is CCn1ccnc1CN1CCCC1Cn1cncn1. The van der Waals surface area contributed by atoms with E-state index >= 15 is 0 Å². The van der Waals surface area contributed by atoms with Crippen LogP contribution in [0.4, 0.5) is 0 Å². The average Bonchev–Trinajstić information content (AvgIpc) is 3.14. The predicted molar refractivity (Wildman–Crippen MR) is 71.4 cm³/mol. The lowest BCUT2D eigenvalue weighted by Gasteiger charge is -2.24. The third-order valence-electron chi connectivity index (χ3n) is 3.85. The number of hydrogen-bond donors (Lipinski definition) is 0. The molecular formula is C13H20N6. The molecule has 0 radical (unpaired) electrons. The lowest BCUT2D eigenvalue weighted by Crippen LogP contribution is -2.33. The number of aromatic nitrogens is 5. The highest BCUT2D eigenvalue weighted by Gasteiger charge is 2.26. The molecular weight excluding hydrogens is 240 g/mol. The van der Waals surface area contributed by atoms with Crippen LogP contribution in [0.2, 0.25) is 0 Å². The molecule has 1 unspecified atom stereocenters. The van der Waals surface area contributed by atoms with Gasteiger partial charge in [-0.05, 0) is 26.3 Å². The number of nitrogens with zero attached hydrogens (tertiary/aromatic N) is 6. The van der Waals surface area contributed by atoms with Crippen molar-refractivity contribution in [1.29, 1.82) is 0 Å². The second-order valence-electron chi connectivity index (χ2n) is 5.01. The third-order valence-corrected chi connectivity index (χ3v) is 3.85. The van der Waals surface area contributed by atoms with Gasteiger partial charge in [0.2, 0.25) is 0 Å². The van der Waals surface area contributed by atoms with Crippen LogP contribution in [0, 0.1) is 0 Å². The van der Waals surface area contributed by atoms with Gasteiger partial charge >= 0.3 is 0 Å². The summed E-state index contributed by atoms with van der Waals surface area (Å²) in [4.78, 5) is 11.0. The first kappa shape index (κ1) is 12.3. The van der Waals surface area contributed by atoms with Crippen LogP contribution >= 0.6 is 0 Å². The maximum absolute atomic E-state index is 4.47. The monoisotopic (exact) mass is 260 g/mol. The summed E-state index contributed by atoms with van der Waals surface area (Å²) in [5.74, 6) is 1.16. The van der Waals surface area contributed by atoms with Gasteiger partial charge in [-0.3, -0.25) is 9.58 Å². The Bertz CT molecular complexity index is 503. The van der Waals surface area contributed by atoms with Crippen molar-refractivity contribution >= 4 is 0 Å².